The Morgan fingerprint density at radius 2 is 1.94 bits per heavy atom. The molecule has 1 heterocycles. The molecule has 0 unspecified atom stereocenters. The van der Waals surface area contributed by atoms with Crippen molar-refractivity contribution in [1.82, 2.24) is 4.98 Å². The van der Waals surface area contributed by atoms with Gasteiger partial charge in [-0.25, -0.2) is 9.78 Å². The van der Waals surface area contributed by atoms with Crippen molar-refractivity contribution in [2.75, 3.05) is 10.6 Å². The van der Waals surface area contributed by atoms with Gasteiger partial charge in [0.25, 0.3) is 0 Å². The van der Waals surface area contributed by atoms with Gasteiger partial charge in [0.1, 0.15) is 11.6 Å². The Bertz CT molecular complexity index is 558. The number of urea groups is 1. The van der Waals surface area contributed by atoms with Gasteiger partial charge in [-0.15, -0.1) is 0 Å². The molecule has 0 bridgehead atoms. The summed E-state index contributed by atoms with van der Waals surface area (Å²) in [6.45, 7) is 0. The minimum atomic E-state index is -0.494. The van der Waals surface area contributed by atoms with E-state index in [-0.39, 0.29) is 5.75 Å². The van der Waals surface area contributed by atoms with Gasteiger partial charge >= 0.3 is 6.03 Å². The molecule has 5 nitrogen and oxygen atoms in total. The predicted molar refractivity (Wildman–Crippen MR) is 70.0 cm³/mol. The van der Waals surface area contributed by atoms with Crippen LogP contribution in [0.4, 0.5) is 16.3 Å². The molecule has 2 aromatic rings. The summed E-state index contributed by atoms with van der Waals surface area (Å²) < 4.78 is 0. The number of carbonyl (C=O) groups is 1. The van der Waals surface area contributed by atoms with Crippen LogP contribution in [0.3, 0.4) is 0 Å². The van der Waals surface area contributed by atoms with Gasteiger partial charge in [-0.1, -0.05) is 23.7 Å². The van der Waals surface area contributed by atoms with Gasteiger partial charge in [-0.2, -0.15) is 0 Å². The molecule has 0 spiro atoms. The number of para-hydroxylation sites is 2. The molecule has 0 atom stereocenters. The van der Waals surface area contributed by atoms with Crippen LogP contribution >= 0.6 is 11.6 Å². The third kappa shape index (κ3) is 3.11. The highest BCUT2D eigenvalue weighted by molar-refractivity contribution is 6.30. The Kier molecular flexibility index (Phi) is 3.64. The summed E-state index contributed by atoms with van der Waals surface area (Å²) in [5.74, 6) is 0.365. The number of nitrogens with zero attached hydrogens (tertiary/aromatic N) is 1. The normalized spacial score (nSPS) is 9.83. The molecule has 1 aromatic carbocycles. The molecule has 0 saturated heterocycles. The average molecular weight is 264 g/mol. The van der Waals surface area contributed by atoms with E-state index in [1.165, 1.54) is 12.3 Å². The van der Waals surface area contributed by atoms with E-state index in [1.807, 2.05) is 0 Å². The average Bonchev–Trinajstić information content (AvgIpc) is 2.35. The molecule has 0 saturated carbocycles. The lowest BCUT2D eigenvalue weighted by Crippen LogP contribution is -2.20. The number of aromatic hydroxyl groups is 1. The summed E-state index contributed by atoms with van der Waals surface area (Å²) in [7, 11) is 0. The van der Waals surface area contributed by atoms with E-state index in [9.17, 15) is 9.90 Å². The van der Waals surface area contributed by atoms with Crippen LogP contribution in [0.2, 0.25) is 5.02 Å². The Morgan fingerprint density at radius 3 is 2.61 bits per heavy atom. The van der Waals surface area contributed by atoms with Crippen LogP contribution < -0.4 is 10.6 Å². The first kappa shape index (κ1) is 12.2. The number of phenolic OH excluding ortho intramolecular Hbond substituents is 1. The van der Waals surface area contributed by atoms with Crippen molar-refractivity contribution < 1.29 is 9.90 Å². The third-order valence-electron chi connectivity index (χ3n) is 2.12. The maximum atomic E-state index is 11.6. The number of amides is 2. The zero-order valence-electron chi connectivity index (χ0n) is 9.22. The number of aromatic nitrogens is 1. The number of anilines is 2. The molecule has 3 N–H and O–H groups in total. The van der Waals surface area contributed by atoms with Crippen molar-refractivity contribution in [2.24, 2.45) is 0 Å². The number of hydrogen-bond acceptors (Lipinski definition) is 3. The number of rotatable bonds is 2. The van der Waals surface area contributed by atoms with E-state index in [0.717, 1.165) is 0 Å². The molecule has 18 heavy (non-hydrogen) atoms. The Hall–Kier alpha value is -2.27. The first-order chi connectivity index (χ1) is 8.65. The molecule has 0 radical (unpaired) electrons. The van der Waals surface area contributed by atoms with Gasteiger partial charge in [0, 0.05) is 6.20 Å². The second-order valence-electron chi connectivity index (χ2n) is 3.46. The molecule has 6 heteroatoms. The van der Waals surface area contributed by atoms with Gasteiger partial charge in [-0.3, -0.25) is 5.32 Å². The van der Waals surface area contributed by atoms with Crippen LogP contribution in [0.15, 0.2) is 42.6 Å². The van der Waals surface area contributed by atoms with E-state index in [2.05, 4.69) is 15.6 Å². The lowest BCUT2D eigenvalue weighted by molar-refractivity contribution is 0.262. The smallest absolute Gasteiger partial charge is 0.324 e. The van der Waals surface area contributed by atoms with E-state index < -0.39 is 6.03 Å². The molecule has 0 aliphatic rings. The molecule has 0 fully saturated rings. The van der Waals surface area contributed by atoms with Gasteiger partial charge in [0.15, 0.2) is 0 Å². The lowest BCUT2D eigenvalue weighted by atomic mass is 10.3. The van der Waals surface area contributed by atoms with Crippen molar-refractivity contribution >= 4 is 29.1 Å². The number of benzene rings is 1. The van der Waals surface area contributed by atoms with Gasteiger partial charge in [0.05, 0.1) is 10.7 Å². The molecular weight excluding hydrogens is 254 g/mol. The predicted octanol–water partition coefficient (Wildman–Crippen LogP) is 3.08. The van der Waals surface area contributed by atoms with Crippen LogP contribution in [-0.2, 0) is 0 Å². The zero-order valence-corrected chi connectivity index (χ0v) is 9.98. The number of phenols is 1. The summed E-state index contributed by atoms with van der Waals surface area (Å²) in [5.41, 5.74) is 0.323. The van der Waals surface area contributed by atoms with Crippen LogP contribution in [-0.4, -0.2) is 16.1 Å². The molecule has 1 aromatic heterocycles. The monoisotopic (exact) mass is 263 g/mol. The highest BCUT2D eigenvalue weighted by Crippen LogP contribution is 2.21. The summed E-state index contributed by atoms with van der Waals surface area (Å²) in [5, 5.41) is 15.0. The van der Waals surface area contributed by atoms with Crippen LogP contribution in [0.1, 0.15) is 0 Å². The lowest BCUT2D eigenvalue weighted by Gasteiger charge is -2.08. The fourth-order valence-corrected chi connectivity index (χ4v) is 1.41. The van der Waals surface area contributed by atoms with E-state index in [0.29, 0.717) is 16.5 Å². The quantitative estimate of drug-likeness (QED) is 0.729. The number of hydrogen-bond donors (Lipinski definition) is 3. The van der Waals surface area contributed by atoms with Crippen LogP contribution in [0, 0.1) is 0 Å². The van der Waals surface area contributed by atoms with Crippen molar-refractivity contribution in [2.45, 2.75) is 0 Å². The van der Waals surface area contributed by atoms with Gasteiger partial charge < -0.3 is 10.4 Å². The Morgan fingerprint density at radius 1 is 1.17 bits per heavy atom. The molecule has 0 aliphatic carbocycles. The zero-order chi connectivity index (χ0) is 13.0. The summed E-state index contributed by atoms with van der Waals surface area (Å²) >= 11 is 5.67. The van der Waals surface area contributed by atoms with E-state index >= 15 is 0 Å². The Labute approximate surface area is 108 Å². The summed E-state index contributed by atoms with van der Waals surface area (Å²) in [4.78, 5) is 15.5. The second-order valence-corrected chi connectivity index (χ2v) is 3.89. The molecule has 2 amide bonds. The SMILES string of the molecule is O=C(Nc1ccc(Cl)cn1)Nc1ccccc1O. The largest absolute Gasteiger partial charge is 0.506 e. The first-order valence-corrected chi connectivity index (χ1v) is 5.50. The first-order valence-electron chi connectivity index (χ1n) is 5.13. The molecule has 2 rings (SSSR count). The van der Waals surface area contributed by atoms with Crippen molar-refractivity contribution in [1.29, 1.82) is 0 Å². The highest BCUT2D eigenvalue weighted by Gasteiger charge is 2.06. The fraction of sp³-hybridized carbons (Fsp3) is 0. The molecule has 0 aliphatic heterocycles. The maximum Gasteiger partial charge on any atom is 0.324 e. The van der Waals surface area contributed by atoms with Crippen molar-refractivity contribution in [3.05, 3.63) is 47.6 Å². The topological polar surface area (TPSA) is 74.2 Å². The second kappa shape index (κ2) is 5.37. The van der Waals surface area contributed by atoms with E-state index in [4.69, 9.17) is 11.6 Å². The molecular formula is C12H10ClN3O2. The third-order valence-corrected chi connectivity index (χ3v) is 2.34. The number of halogens is 1. The maximum absolute atomic E-state index is 11.6. The summed E-state index contributed by atoms with van der Waals surface area (Å²) in [6, 6.07) is 9.14. The number of carbonyl (C=O) groups excluding carboxylic acids is 1. The van der Waals surface area contributed by atoms with Crippen LogP contribution in [0.25, 0.3) is 0 Å². The standard InChI is InChI=1S/C12H10ClN3O2/c13-8-5-6-11(14-7-8)16-12(18)15-9-3-1-2-4-10(9)17/h1-7,17H,(H2,14,15,16,18). The highest BCUT2D eigenvalue weighted by atomic mass is 35.5. The minimum absolute atomic E-state index is 0.00304. The van der Waals surface area contributed by atoms with Crippen molar-refractivity contribution in [3.63, 3.8) is 0 Å². The van der Waals surface area contributed by atoms with E-state index in [1.54, 1.807) is 30.3 Å². The van der Waals surface area contributed by atoms with Gasteiger partial charge in [-0.05, 0) is 24.3 Å². The molecule has 92 valence electrons. The number of nitrogens with one attached hydrogen (secondary N) is 2. The minimum Gasteiger partial charge on any atom is -0.506 e. The van der Waals surface area contributed by atoms with Gasteiger partial charge in [0.2, 0.25) is 0 Å². The number of pyridine rings is 1. The Balaban J connectivity index is 2.01. The summed E-state index contributed by atoms with van der Waals surface area (Å²) in [6.07, 6.45) is 1.43. The van der Waals surface area contributed by atoms with Crippen LogP contribution in [0.5, 0.6) is 5.75 Å². The fourth-order valence-electron chi connectivity index (χ4n) is 1.30. The van der Waals surface area contributed by atoms with Crippen molar-refractivity contribution in [3.8, 4) is 5.75 Å².